The van der Waals surface area contributed by atoms with Gasteiger partial charge in [0.2, 0.25) is 0 Å². The summed E-state index contributed by atoms with van der Waals surface area (Å²) in [6, 6.07) is 0.308. The number of nitrogens with zero attached hydrogens (tertiary/aromatic N) is 1. The van der Waals surface area contributed by atoms with Gasteiger partial charge in [0.25, 0.3) is 0 Å². The highest BCUT2D eigenvalue weighted by Crippen LogP contribution is 2.19. The van der Waals surface area contributed by atoms with Crippen molar-refractivity contribution in [2.24, 2.45) is 0 Å². The molecule has 1 saturated heterocycles. The highest BCUT2D eigenvalue weighted by Gasteiger charge is 2.29. The van der Waals surface area contributed by atoms with E-state index in [9.17, 15) is 4.79 Å². The predicted molar refractivity (Wildman–Crippen MR) is 33.4 cm³/mol. The molecule has 1 unspecified atom stereocenters. The van der Waals surface area contributed by atoms with Crippen molar-refractivity contribution in [3.05, 3.63) is 0 Å². The second kappa shape index (κ2) is 2.25. The largest absolute Gasteiger partial charge is 0.465 e. The van der Waals surface area contributed by atoms with E-state index < -0.39 is 6.09 Å². The minimum atomic E-state index is -0.770. The van der Waals surface area contributed by atoms with E-state index in [2.05, 4.69) is 0 Å². The molecule has 0 spiro atoms. The van der Waals surface area contributed by atoms with Crippen LogP contribution in [0.4, 0.5) is 4.79 Å². The molecule has 1 atom stereocenters. The lowest BCUT2D eigenvalue weighted by Gasteiger charge is -2.37. The van der Waals surface area contributed by atoms with Gasteiger partial charge in [0, 0.05) is 12.6 Å². The zero-order valence-corrected chi connectivity index (χ0v) is 5.50. The molecule has 1 N–H and O–H groups in total. The molecule has 9 heavy (non-hydrogen) atoms. The van der Waals surface area contributed by atoms with E-state index >= 15 is 0 Å². The second-order valence-corrected chi connectivity index (χ2v) is 2.33. The number of rotatable bonds is 1. The summed E-state index contributed by atoms with van der Waals surface area (Å²) in [5.74, 6) is 0. The van der Waals surface area contributed by atoms with Crippen LogP contribution in [-0.2, 0) is 0 Å². The van der Waals surface area contributed by atoms with Gasteiger partial charge in [0.1, 0.15) is 0 Å². The molecular weight excluding hydrogens is 118 g/mol. The van der Waals surface area contributed by atoms with Gasteiger partial charge < -0.3 is 10.0 Å². The van der Waals surface area contributed by atoms with Crippen LogP contribution in [-0.4, -0.2) is 28.7 Å². The molecule has 0 radical (unpaired) electrons. The summed E-state index contributed by atoms with van der Waals surface area (Å²) >= 11 is 0. The Balaban J connectivity index is 2.35. The van der Waals surface area contributed by atoms with Crippen LogP contribution in [0, 0.1) is 0 Å². The van der Waals surface area contributed by atoms with Crippen LogP contribution < -0.4 is 0 Å². The number of likely N-dealkylation sites (tertiary alicyclic amines) is 1. The molecule has 1 rings (SSSR count). The molecular formula is C6H11NO2. The van der Waals surface area contributed by atoms with E-state index in [1.54, 1.807) is 0 Å². The maximum atomic E-state index is 10.3. The minimum Gasteiger partial charge on any atom is -0.465 e. The SMILES string of the molecule is CCC1CCN1C(=O)O. The first kappa shape index (κ1) is 6.39. The first-order chi connectivity index (χ1) is 4.25. The van der Waals surface area contributed by atoms with Crippen LogP contribution in [0.5, 0.6) is 0 Å². The van der Waals surface area contributed by atoms with E-state index in [0.29, 0.717) is 6.04 Å². The van der Waals surface area contributed by atoms with Crippen molar-refractivity contribution in [3.8, 4) is 0 Å². The van der Waals surface area contributed by atoms with Crippen LogP contribution in [0.2, 0.25) is 0 Å². The van der Waals surface area contributed by atoms with Crippen molar-refractivity contribution in [2.75, 3.05) is 6.54 Å². The molecule has 1 heterocycles. The summed E-state index contributed by atoms with van der Waals surface area (Å²) in [6.07, 6.45) is 1.22. The minimum absolute atomic E-state index is 0.308. The molecule has 0 saturated carbocycles. The number of carboxylic acid groups (broad SMARTS) is 1. The zero-order chi connectivity index (χ0) is 6.85. The zero-order valence-electron chi connectivity index (χ0n) is 5.50. The van der Waals surface area contributed by atoms with Crippen molar-refractivity contribution in [1.29, 1.82) is 0 Å². The molecule has 3 heteroatoms. The summed E-state index contributed by atoms with van der Waals surface area (Å²) in [5, 5.41) is 8.46. The van der Waals surface area contributed by atoms with Crippen LogP contribution in [0.25, 0.3) is 0 Å². The standard InChI is InChI=1S/C6H11NO2/c1-2-5-3-4-7(5)6(8)9/h5H,2-4H2,1H3,(H,8,9). The van der Waals surface area contributed by atoms with Gasteiger partial charge in [-0.3, -0.25) is 0 Å². The maximum absolute atomic E-state index is 10.3. The van der Waals surface area contributed by atoms with Gasteiger partial charge in [-0.2, -0.15) is 0 Å². The van der Waals surface area contributed by atoms with Crippen LogP contribution >= 0.6 is 0 Å². The smallest absolute Gasteiger partial charge is 0.407 e. The van der Waals surface area contributed by atoms with E-state index in [-0.39, 0.29) is 0 Å². The summed E-state index contributed by atoms with van der Waals surface area (Å²) in [4.78, 5) is 11.8. The van der Waals surface area contributed by atoms with Crippen molar-refractivity contribution < 1.29 is 9.90 Å². The monoisotopic (exact) mass is 129 g/mol. The van der Waals surface area contributed by atoms with Gasteiger partial charge in [-0.05, 0) is 12.8 Å². The highest BCUT2D eigenvalue weighted by molar-refractivity contribution is 5.66. The Kier molecular flexibility index (Phi) is 1.60. The topological polar surface area (TPSA) is 40.5 Å². The molecule has 52 valence electrons. The highest BCUT2D eigenvalue weighted by atomic mass is 16.4. The molecule has 0 aromatic rings. The third-order valence-corrected chi connectivity index (χ3v) is 1.86. The number of hydrogen-bond acceptors (Lipinski definition) is 1. The fraction of sp³-hybridized carbons (Fsp3) is 0.833. The molecule has 0 aromatic carbocycles. The van der Waals surface area contributed by atoms with Crippen molar-refractivity contribution in [3.63, 3.8) is 0 Å². The summed E-state index contributed by atoms with van der Waals surface area (Å²) in [7, 11) is 0. The van der Waals surface area contributed by atoms with E-state index in [1.807, 2.05) is 6.92 Å². The average Bonchev–Trinajstić information content (AvgIpc) is 1.61. The Hall–Kier alpha value is -0.730. The number of hydrogen-bond donors (Lipinski definition) is 1. The Morgan fingerprint density at radius 2 is 2.56 bits per heavy atom. The van der Waals surface area contributed by atoms with E-state index in [0.717, 1.165) is 19.4 Å². The Morgan fingerprint density at radius 3 is 2.67 bits per heavy atom. The van der Waals surface area contributed by atoms with Gasteiger partial charge in [0.15, 0.2) is 0 Å². The van der Waals surface area contributed by atoms with E-state index in [1.165, 1.54) is 4.90 Å². The third kappa shape index (κ3) is 0.992. The Morgan fingerprint density at radius 1 is 1.89 bits per heavy atom. The molecule has 1 amide bonds. The second-order valence-electron chi connectivity index (χ2n) is 2.33. The summed E-state index contributed by atoms with van der Waals surface area (Å²) in [5.41, 5.74) is 0. The lowest BCUT2D eigenvalue weighted by atomic mass is 10.0. The fourth-order valence-corrected chi connectivity index (χ4v) is 1.12. The summed E-state index contributed by atoms with van der Waals surface area (Å²) in [6.45, 7) is 2.74. The molecule has 1 fully saturated rings. The molecule has 3 nitrogen and oxygen atoms in total. The number of amides is 1. The molecule has 1 aliphatic heterocycles. The van der Waals surface area contributed by atoms with Crippen molar-refractivity contribution in [2.45, 2.75) is 25.8 Å². The quantitative estimate of drug-likeness (QED) is 0.577. The first-order valence-electron chi connectivity index (χ1n) is 3.25. The van der Waals surface area contributed by atoms with Crippen molar-refractivity contribution in [1.82, 2.24) is 4.90 Å². The lowest BCUT2D eigenvalue weighted by Crippen LogP contribution is -2.49. The van der Waals surface area contributed by atoms with Gasteiger partial charge in [-0.25, -0.2) is 4.79 Å². The normalized spacial score (nSPS) is 25.4. The van der Waals surface area contributed by atoms with Crippen LogP contribution in [0.1, 0.15) is 19.8 Å². The molecule has 0 bridgehead atoms. The van der Waals surface area contributed by atoms with Crippen LogP contribution in [0.15, 0.2) is 0 Å². The Bertz CT molecular complexity index is 122. The number of carbonyl (C=O) groups is 1. The van der Waals surface area contributed by atoms with E-state index in [4.69, 9.17) is 5.11 Å². The van der Waals surface area contributed by atoms with Gasteiger partial charge in [-0.15, -0.1) is 0 Å². The third-order valence-electron chi connectivity index (χ3n) is 1.86. The van der Waals surface area contributed by atoms with Crippen molar-refractivity contribution >= 4 is 6.09 Å². The first-order valence-corrected chi connectivity index (χ1v) is 3.25. The lowest BCUT2D eigenvalue weighted by molar-refractivity contribution is 0.0739. The van der Waals surface area contributed by atoms with Gasteiger partial charge in [-0.1, -0.05) is 6.92 Å². The van der Waals surface area contributed by atoms with Gasteiger partial charge in [0.05, 0.1) is 0 Å². The Labute approximate surface area is 54.3 Å². The maximum Gasteiger partial charge on any atom is 0.407 e. The molecule has 1 aliphatic rings. The fourth-order valence-electron chi connectivity index (χ4n) is 1.12. The summed E-state index contributed by atoms with van der Waals surface area (Å²) < 4.78 is 0. The van der Waals surface area contributed by atoms with Gasteiger partial charge >= 0.3 is 6.09 Å². The van der Waals surface area contributed by atoms with Crippen LogP contribution in [0.3, 0.4) is 0 Å². The molecule has 0 aromatic heterocycles. The average molecular weight is 129 g/mol. The molecule has 0 aliphatic carbocycles. The predicted octanol–water partition coefficient (Wildman–Crippen LogP) is 1.15.